The van der Waals surface area contributed by atoms with Gasteiger partial charge in [-0.2, -0.15) is 9.67 Å². The van der Waals surface area contributed by atoms with Gasteiger partial charge in [0, 0.05) is 26.3 Å². The molecule has 2 heterocycles. The molecule has 0 atom stereocenters. The van der Waals surface area contributed by atoms with Crippen molar-refractivity contribution in [3.05, 3.63) is 84.1 Å². The smallest absolute Gasteiger partial charge is 0.283 e. The van der Waals surface area contributed by atoms with Crippen LogP contribution in [0.2, 0.25) is 0 Å². The highest BCUT2D eigenvalue weighted by atomic mass is 16.3. The quantitative estimate of drug-likeness (QED) is 0.541. The molecule has 29 heavy (non-hydrogen) atoms. The van der Waals surface area contributed by atoms with Gasteiger partial charge in [-0.15, -0.1) is 5.10 Å². The summed E-state index contributed by atoms with van der Waals surface area (Å²) in [5, 5.41) is 7.65. The largest absolute Gasteiger partial charge is 0.461 e. The molecule has 4 rings (SSSR count). The first-order valence-electron chi connectivity index (χ1n) is 9.23. The number of nitrogens with zero attached hydrogens (tertiary/aromatic N) is 4. The number of carbonyl (C=O) groups is 1. The number of hydrogen-bond donors (Lipinski definition) is 1. The van der Waals surface area contributed by atoms with Crippen molar-refractivity contribution in [1.29, 1.82) is 0 Å². The predicted molar refractivity (Wildman–Crippen MR) is 112 cm³/mol. The van der Waals surface area contributed by atoms with E-state index in [1.165, 1.54) is 4.68 Å². The van der Waals surface area contributed by atoms with Crippen molar-refractivity contribution in [2.75, 3.05) is 24.3 Å². The van der Waals surface area contributed by atoms with E-state index in [0.29, 0.717) is 29.6 Å². The minimum absolute atomic E-state index is 0.268. The lowest BCUT2D eigenvalue weighted by molar-refractivity contribution is 0.0948. The summed E-state index contributed by atoms with van der Waals surface area (Å²) in [5.74, 6) is 0.940. The molecule has 0 amide bonds. The molecule has 0 aliphatic rings. The Morgan fingerprint density at radius 2 is 1.79 bits per heavy atom. The number of rotatable bonds is 6. The van der Waals surface area contributed by atoms with Gasteiger partial charge in [-0.25, -0.2) is 0 Å². The Bertz CT molecular complexity index is 1100. The fourth-order valence-electron chi connectivity index (χ4n) is 3.01. The zero-order valence-electron chi connectivity index (χ0n) is 16.2. The third-order valence-electron chi connectivity index (χ3n) is 4.45. The SMILES string of the molecule is CN(C)c1ccccc1C(=O)n1nc(-c2ccco2)nc1NCc1ccccc1. The highest BCUT2D eigenvalue weighted by molar-refractivity contribution is 6.02. The molecular formula is C22H21N5O2. The summed E-state index contributed by atoms with van der Waals surface area (Å²) in [7, 11) is 3.80. The molecular weight excluding hydrogens is 366 g/mol. The average Bonchev–Trinajstić information content (AvgIpc) is 3.42. The second kappa shape index (κ2) is 8.02. The molecule has 0 aliphatic carbocycles. The Kier molecular flexibility index (Phi) is 5.11. The van der Waals surface area contributed by atoms with Crippen LogP contribution in [0.1, 0.15) is 15.9 Å². The summed E-state index contributed by atoms with van der Waals surface area (Å²) in [6.45, 7) is 0.514. The van der Waals surface area contributed by atoms with Crippen molar-refractivity contribution in [3.8, 4) is 11.6 Å². The zero-order valence-corrected chi connectivity index (χ0v) is 16.2. The number of para-hydroxylation sites is 1. The molecule has 0 radical (unpaired) electrons. The van der Waals surface area contributed by atoms with E-state index >= 15 is 0 Å². The molecule has 7 heteroatoms. The summed E-state index contributed by atoms with van der Waals surface area (Å²) in [6.07, 6.45) is 1.55. The van der Waals surface area contributed by atoms with Crippen LogP contribution in [-0.2, 0) is 6.54 Å². The van der Waals surface area contributed by atoms with Crippen molar-refractivity contribution in [2.45, 2.75) is 6.54 Å². The maximum Gasteiger partial charge on any atom is 0.283 e. The van der Waals surface area contributed by atoms with Crippen molar-refractivity contribution >= 4 is 17.5 Å². The fourth-order valence-corrected chi connectivity index (χ4v) is 3.01. The lowest BCUT2D eigenvalue weighted by Gasteiger charge is -2.16. The van der Waals surface area contributed by atoms with E-state index in [1.807, 2.05) is 67.5 Å². The predicted octanol–water partition coefficient (Wildman–Crippen LogP) is 3.90. The minimum Gasteiger partial charge on any atom is -0.461 e. The number of carbonyl (C=O) groups excluding carboxylic acids is 1. The number of aromatic nitrogens is 3. The van der Waals surface area contributed by atoms with Crippen LogP contribution >= 0.6 is 0 Å². The molecule has 0 fully saturated rings. The van der Waals surface area contributed by atoms with Crippen LogP contribution in [0.25, 0.3) is 11.6 Å². The fraction of sp³-hybridized carbons (Fsp3) is 0.136. The number of anilines is 2. The second-order valence-corrected chi connectivity index (χ2v) is 6.70. The average molecular weight is 387 g/mol. The molecule has 0 saturated carbocycles. The molecule has 0 unspecified atom stereocenters. The normalized spacial score (nSPS) is 10.7. The Morgan fingerprint density at radius 3 is 2.52 bits per heavy atom. The molecule has 0 bridgehead atoms. The van der Waals surface area contributed by atoms with Gasteiger partial charge in [0.2, 0.25) is 11.8 Å². The van der Waals surface area contributed by atoms with Crippen molar-refractivity contribution in [2.24, 2.45) is 0 Å². The van der Waals surface area contributed by atoms with E-state index in [9.17, 15) is 4.79 Å². The maximum absolute atomic E-state index is 13.3. The van der Waals surface area contributed by atoms with E-state index in [2.05, 4.69) is 15.4 Å². The Morgan fingerprint density at radius 1 is 1.03 bits per heavy atom. The third-order valence-corrected chi connectivity index (χ3v) is 4.45. The molecule has 0 spiro atoms. The maximum atomic E-state index is 13.3. The van der Waals surface area contributed by atoms with Crippen LogP contribution in [0.4, 0.5) is 11.6 Å². The third kappa shape index (κ3) is 3.89. The summed E-state index contributed by atoms with van der Waals surface area (Å²) >= 11 is 0. The standard InChI is InChI=1S/C22H21N5O2/c1-26(2)18-12-7-6-11-17(18)21(28)27-22(23-15-16-9-4-3-5-10-16)24-20(25-27)19-13-8-14-29-19/h3-14H,15H2,1-2H3,(H,23,24,25). The second-order valence-electron chi connectivity index (χ2n) is 6.70. The first kappa shape index (κ1) is 18.5. The zero-order chi connectivity index (χ0) is 20.2. The topological polar surface area (TPSA) is 76.2 Å². The monoisotopic (exact) mass is 387 g/mol. The first-order chi connectivity index (χ1) is 14.1. The van der Waals surface area contributed by atoms with Gasteiger partial charge >= 0.3 is 0 Å². The van der Waals surface area contributed by atoms with Crippen LogP contribution in [0, 0.1) is 0 Å². The van der Waals surface area contributed by atoms with E-state index in [-0.39, 0.29) is 5.91 Å². The van der Waals surface area contributed by atoms with E-state index in [1.54, 1.807) is 24.5 Å². The van der Waals surface area contributed by atoms with Crippen molar-refractivity contribution < 1.29 is 9.21 Å². The van der Waals surface area contributed by atoms with Crippen LogP contribution in [0.3, 0.4) is 0 Å². The lowest BCUT2D eigenvalue weighted by Crippen LogP contribution is -2.21. The van der Waals surface area contributed by atoms with Crippen molar-refractivity contribution in [3.63, 3.8) is 0 Å². The van der Waals surface area contributed by atoms with Crippen LogP contribution in [0.5, 0.6) is 0 Å². The molecule has 7 nitrogen and oxygen atoms in total. The van der Waals surface area contributed by atoms with Crippen molar-refractivity contribution in [1.82, 2.24) is 14.8 Å². The van der Waals surface area contributed by atoms with Crippen LogP contribution < -0.4 is 10.2 Å². The number of furan rings is 1. The molecule has 4 aromatic rings. The number of benzene rings is 2. The van der Waals surface area contributed by atoms with E-state index in [4.69, 9.17) is 4.42 Å². The molecule has 2 aromatic carbocycles. The summed E-state index contributed by atoms with van der Waals surface area (Å²) in [4.78, 5) is 19.7. The number of hydrogen-bond acceptors (Lipinski definition) is 6. The highest BCUT2D eigenvalue weighted by Crippen LogP contribution is 2.23. The van der Waals surface area contributed by atoms with Gasteiger partial charge < -0.3 is 14.6 Å². The summed E-state index contributed by atoms with van der Waals surface area (Å²) < 4.78 is 6.71. The molecule has 146 valence electrons. The molecule has 2 aromatic heterocycles. The highest BCUT2D eigenvalue weighted by Gasteiger charge is 2.22. The van der Waals surface area contributed by atoms with Gasteiger partial charge in [-0.3, -0.25) is 4.79 Å². The Balaban J connectivity index is 1.72. The van der Waals surface area contributed by atoms with Gasteiger partial charge in [-0.05, 0) is 29.8 Å². The van der Waals surface area contributed by atoms with Gasteiger partial charge in [-0.1, -0.05) is 42.5 Å². The first-order valence-corrected chi connectivity index (χ1v) is 9.23. The van der Waals surface area contributed by atoms with Crippen LogP contribution in [0.15, 0.2) is 77.4 Å². The Labute approximate surface area is 168 Å². The van der Waals surface area contributed by atoms with Gasteiger partial charge in [0.05, 0.1) is 11.8 Å². The number of nitrogens with one attached hydrogen (secondary N) is 1. The van der Waals surface area contributed by atoms with Crippen LogP contribution in [-0.4, -0.2) is 34.8 Å². The lowest BCUT2D eigenvalue weighted by atomic mass is 10.1. The van der Waals surface area contributed by atoms with E-state index < -0.39 is 0 Å². The minimum atomic E-state index is -0.268. The Hall–Kier alpha value is -3.87. The van der Waals surface area contributed by atoms with E-state index in [0.717, 1.165) is 11.3 Å². The molecule has 1 N–H and O–H groups in total. The molecule has 0 saturated heterocycles. The summed E-state index contributed by atoms with van der Waals surface area (Å²) in [5.41, 5.74) is 2.42. The summed E-state index contributed by atoms with van der Waals surface area (Å²) in [6, 6.07) is 20.8. The van der Waals surface area contributed by atoms with Gasteiger partial charge in [0.1, 0.15) is 0 Å². The molecule has 0 aliphatic heterocycles. The van der Waals surface area contributed by atoms with Gasteiger partial charge in [0.25, 0.3) is 5.91 Å². The van der Waals surface area contributed by atoms with Gasteiger partial charge in [0.15, 0.2) is 5.76 Å².